The molecule has 0 aliphatic carbocycles. The van der Waals surface area contributed by atoms with Crippen LogP contribution in [0.1, 0.15) is 0 Å². The smallest absolute Gasteiger partial charge is 0.0467 e. The third kappa shape index (κ3) is 6.22. The van der Waals surface area contributed by atoms with Gasteiger partial charge in [-0.3, -0.25) is 0 Å². The van der Waals surface area contributed by atoms with E-state index in [1.54, 1.807) is 0 Å². The molecule has 0 radical (unpaired) electrons. The summed E-state index contributed by atoms with van der Waals surface area (Å²) >= 11 is 0. The van der Waals surface area contributed by atoms with E-state index >= 15 is 0 Å². The summed E-state index contributed by atoms with van der Waals surface area (Å²) in [5, 5.41) is 7.61. The Kier molecular flexibility index (Phi) is 8.24. The molecule has 0 saturated heterocycles. The lowest BCUT2D eigenvalue weighted by Gasteiger charge is -2.26. The average Bonchev–Trinajstić information content (AvgIpc) is 3.27. The van der Waals surface area contributed by atoms with Crippen LogP contribution in [0, 0.1) is 0 Å². The summed E-state index contributed by atoms with van der Waals surface area (Å²) in [6.07, 6.45) is 0. The molecule has 0 unspecified atom stereocenters. The van der Waals surface area contributed by atoms with Crippen LogP contribution in [0.2, 0.25) is 0 Å². The summed E-state index contributed by atoms with van der Waals surface area (Å²) in [6, 6.07) is 81.4. The first kappa shape index (κ1) is 32.4. The maximum Gasteiger partial charge on any atom is 0.0467 e. The van der Waals surface area contributed by atoms with E-state index in [0.717, 1.165) is 17.1 Å². The van der Waals surface area contributed by atoms with Crippen LogP contribution in [0.25, 0.3) is 76.8 Å². The van der Waals surface area contributed by atoms with Crippen molar-refractivity contribution in [3.8, 4) is 44.5 Å². The number of fused-ring (bicyclic) bond motifs is 4. The van der Waals surface area contributed by atoms with Crippen LogP contribution < -0.4 is 4.90 Å². The lowest BCUT2D eigenvalue weighted by molar-refractivity contribution is 1.28. The van der Waals surface area contributed by atoms with E-state index < -0.39 is 0 Å². The monoisotopic (exact) mass is 699 g/mol. The van der Waals surface area contributed by atoms with Crippen LogP contribution in [-0.2, 0) is 0 Å². The largest absolute Gasteiger partial charge is 0.310 e. The van der Waals surface area contributed by atoms with Gasteiger partial charge in [0.2, 0.25) is 0 Å². The minimum absolute atomic E-state index is 1.10. The maximum absolute atomic E-state index is 2.36. The van der Waals surface area contributed by atoms with E-state index in [2.05, 4.69) is 229 Å². The molecule has 55 heavy (non-hydrogen) atoms. The molecule has 0 N–H and O–H groups in total. The molecule has 10 aromatic carbocycles. The molecule has 1 heteroatoms. The van der Waals surface area contributed by atoms with Gasteiger partial charge in [0, 0.05) is 17.1 Å². The first-order chi connectivity index (χ1) is 27.2. The molecule has 0 saturated carbocycles. The maximum atomic E-state index is 2.36. The third-order valence-electron chi connectivity index (χ3n) is 10.8. The Labute approximate surface area is 322 Å². The molecule has 0 spiro atoms. The molecular formula is C54H37N. The van der Waals surface area contributed by atoms with Gasteiger partial charge in [0.05, 0.1) is 0 Å². The van der Waals surface area contributed by atoms with E-state index in [9.17, 15) is 0 Å². The fourth-order valence-corrected chi connectivity index (χ4v) is 8.04. The van der Waals surface area contributed by atoms with E-state index in [4.69, 9.17) is 0 Å². The van der Waals surface area contributed by atoms with Gasteiger partial charge < -0.3 is 4.90 Å². The minimum atomic E-state index is 1.10. The number of benzene rings is 10. The van der Waals surface area contributed by atoms with E-state index in [0.29, 0.717) is 0 Å². The van der Waals surface area contributed by atoms with Gasteiger partial charge in [-0.2, -0.15) is 0 Å². The van der Waals surface area contributed by atoms with Crippen LogP contribution in [0.15, 0.2) is 224 Å². The molecule has 10 rings (SSSR count). The molecule has 1 nitrogen and oxygen atoms in total. The predicted octanol–water partition coefficient (Wildman–Crippen LogP) is 15.3. The third-order valence-corrected chi connectivity index (χ3v) is 10.8. The van der Waals surface area contributed by atoms with Gasteiger partial charge in [0.25, 0.3) is 0 Å². The Morgan fingerprint density at radius 2 is 0.691 bits per heavy atom. The van der Waals surface area contributed by atoms with Crippen molar-refractivity contribution in [3.63, 3.8) is 0 Å². The molecule has 0 aromatic heterocycles. The molecule has 258 valence electrons. The topological polar surface area (TPSA) is 3.24 Å². The highest BCUT2D eigenvalue weighted by atomic mass is 15.1. The lowest BCUT2D eigenvalue weighted by Crippen LogP contribution is -2.10. The molecule has 0 atom stereocenters. The number of nitrogens with zero attached hydrogens (tertiary/aromatic N) is 1. The summed E-state index contributed by atoms with van der Waals surface area (Å²) in [6.45, 7) is 0. The molecule has 0 aliphatic rings. The number of anilines is 3. The van der Waals surface area contributed by atoms with E-state index in [1.165, 1.54) is 76.8 Å². The van der Waals surface area contributed by atoms with Crippen LogP contribution in [0.4, 0.5) is 17.1 Å². The van der Waals surface area contributed by atoms with Crippen molar-refractivity contribution < 1.29 is 0 Å². The molecule has 0 heterocycles. The Bertz CT molecular complexity index is 2950. The second-order valence-corrected chi connectivity index (χ2v) is 14.2. The zero-order valence-electron chi connectivity index (χ0n) is 30.3. The van der Waals surface area contributed by atoms with Gasteiger partial charge in [0.1, 0.15) is 0 Å². The SMILES string of the molecule is c1ccc(-c2ccc(N(c3ccc(-c4ccc5c(ccc6ccccc65)c4)cc3)c3cccc(-c4cccc(-c5cccc6ccccc56)c4)c3)cc2)cc1. The molecule has 0 aliphatic heterocycles. The summed E-state index contributed by atoms with van der Waals surface area (Å²) < 4.78 is 0. The van der Waals surface area contributed by atoms with E-state index in [-0.39, 0.29) is 0 Å². The van der Waals surface area contributed by atoms with Gasteiger partial charge in [-0.15, -0.1) is 0 Å². The highest BCUT2D eigenvalue weighted by Gasteiger charge is 2.15. The van der Waals surface area contributed by atoms with Crippen molar-refractivity contribution in [3.05, 3.63) is 224 Å². The first-order valence-electron chi connectivity index (χ1n) is 18.9. The summed E-state index contributed by atoms with van der Waals surface area (Å²) in [5.74, 6) is 0. The van der Waals surface area contributed by atoms with Crippen molar-refractivity contribution in [1.82, 2.24) is 0 Å². The second kappa shape index (κ2) is 14.0. The summed E-state index contributed by atoms with van der Waals surface area (Å²) in [4.78, 5) is 2.36. The van der Waals surface area contributed by atoms with Crippen molar-refractivity contribution in [2.45, 2.75) is 0 Å². The fourth-order valence-electron chi connectivity index (χ4n) is 8.04. The predicted molar refractivity (Wildman–Crippen MR) is 235 cm³/mol. The minimum Gasteiger partial charge on any atom is -0.310 e. The van der Waals surface area contributed by atoms with Gasteiger partial charge in [-0.1, -0.05) is 176 Å². The Balaban J connectivity index is 1.04. The molecule has 0 amide bonds. The van der Waals surface area contributed by atoms with E-state index in [1.807, 2.05) is 0 Å². The van der Waals surface area contributed by atoms with Crippen molar-refractivity contribution in [2.75, 3.05) is 4.90 Å². The molecule has 0 bridgehead atoms. The molecule has 10 aromatic rings. The van der Waals surface area contributed by atoms with Crippen LogP contribution in [0.5, 0.6) is 0 Å². The van der Waals surface area contributed by atoms with Crippen LogP contribution in [-0.4, -0.2) is 0 Å². The van der Waals surface area contributed by atoms with Crippen LogP contribution in [0.3, 0.4) is 0 Å². The Morgan fingerprint density at radius 1 is 0.218 bits per heavy atom. The standard InChI is InChI=1S/C54H37N/c1-2-11-38(12-3-1)39-25-30-48(31-26-39)55(49-32-27-40(28-33-49)45-29-34-54-47(36-45)24-23-42-14-5-7-21-52(42)54)50-19-9-17-44(37-50)43-16-8-18-46(35-43)53-22-10-15-41-13-4-6-20-51(41)53/h1-37H. The van der Waals surface area contributed by atoms with Crippen LogP contribution >= 0.6 is 0 Å². The van der Waals surface area contributed by atoms with Gasteiger partial charge >= 0.3 is 0 Å². The molecule has 0 fully saturated rings. The van der Waals surface area contributed by atoms with Gasteiger partial charge in [-0.25, -0.2) is 0 Å². The number of hydrogen-bond donors (Lipinski definition) is 0. The summed E-state index contributed by atoms with van der Waals surface area (Å²) in [7, 11) is 0. The zero-order valence-corrected chi connectivity index (χ0v) is 30.3. The van der Waals surface area contributed by atoms with Crippen molar-refractivity contribution >= 4 is 49.4 Å². The molecular weight excluding hydrogens is 663 g/mol. The highest BCUT2D eigenvalue weighted by molar-refractivity contribution is 6.08. The van der Waals surface area contributed by atoms with Gasteiger partial charge in [0.15, 0.2) is 0 Å². The first-order valence-corrected chi connectivity index (χ1v) is 18.9. The Morgan fingerprint density at radius 3 is 1.45 bits per heavy atom. The van der Waals surface area contributed by atoms with Crippen molar-refractivity contribution in [1.29, 1.82) is 0 Å². The quantitative estimate of drug-likeness (QED) is 0.150. The van der Waals surface area contributed by atoms with Crippen molar-refractivity contribution in [2.24, 2.45) is 0 Å². The Hall–Kier alpha value is -7.22. The highest BCUT2D eigenvalue weighted by Crippen LogP contribution is 2.40. The summed E-state index contributed by atoms with van der Waals surface area (Å²) in [5.41, 5.74) is 12.9. The zero-order chi connectivity index (χ0) is 36.6. The number of rotatable bonds is 7. The normalized spacial score (nSPS) is 11.3. The second-order valence-electron chi connectivity index (χ2n) is 14.2. The van der Waals surface area contributed by atoms with Gasteiger partial charge in [-0.05, 0) is 125 Å². The lowest BCUT2D eigenvalue weighted by atomic mass is 9.95. The number of hydrogen-bond acceptors (Lipinski definition) is 1. The fraction of sp³-hybridized carbons (Fsp3) is 0. The average molecular weight is 700 g/mol.